The van der Waals surface area contributed by atoms with Gasteiger partial charge in [-0.3, -0.25) is 0 Å². The second kappa shape index (κ2) is 8.79. The number of fused-ring (bicyclic) bond motifs is 1. The number of benzene rings is 2. The van der Waals surface area contributed by atoms with Gasteiger partial charge in [-0.15, -0.1) is 0 Å². The summed E-state index contributed by atoms with van der Waals surface area (Å²) in [4.78, 5) is -0.0293. The predicted molar refractivity (Wildman–Crippen MR) is 117 cm³/mol. The number of primary sulfonamides is 1. The lowest BCUT2D eigenvalue weighted by Crippen LogP contribution is -2.21. The minimum Gasteiger partial charge on any atom is -0.496 e. The first kappa shape index (κ1) is 23.8. The van der Waals surface area contributed by atoms with Crippen LogP contribution in [0.15, 0.2) is 47.4 Å². The van der Waals surface area contributed by atoms with Gasteiger partial charge < -0.3 is 9.47 Å². The van der Waals surface area contributed by atoms with Crippen molar-refractivity contribution in [3.63, 3.8) is 0 Å². The maximum atomic E-state index is 13.3. The summed E-state index contributed by atoms with van der Waals surface area (Å²) in [6.45, 7) is 2.15. The van der Waals surface area contributed by atoms with Gasteiger partial charge in [0.2, 0.25) is 10.0 Å². The monoisotopic (exact) mass is 491 g/mol. The molecule has 0 radical (unpaired) electrons. The summed E-state index contributed by atoms with van der Waals surface area (Å²) in [5.41, 5.74) is 2.01. The third-order valence-electron chi connectivity index (χ3n) is 5.33. The number of sulfonamides is 1. The number of halogens is 3. The van der Waals surface area contributed by atoms with Crippen molar-refractivity contribution in [2.24, 2.45) is 5.14 Å². The number of hydrogen-bond acceptors (Lipinski definition) is 5. The first-order chi connectivity index (χ1) is 16.0. The maximum absolute atomic E-state index is 13.3. The molecule has 2 heterocycles. The van der Waals surface area contributed by atoms with Gasteiger partial charge >= 0.3 is 6.18 Å². The zero-order chi connectivity index (χ0) is 24.7. The topological polar surface area (TPSA) is 96.4 Å². The largest absolute Gasteiger partial charge is 0.496 e. The van der Waals surface area contributed by atoms with Crippen LogP contribution in [0, 0.1) is 11.8 Å². The van der Waals surface area contributed by atoms with Crippen molar-refractivity contribution < 1.29 is 31.1 Å². The average Bonchev–Trinajstić information content (AvgIpc) is 3.14. The van der Waals surface area contributed by atoms with Gasteiger partial charge in [-0.2, -0.15) is 18.3 Å². The third kappa shape index (κ3) is 4.79. The predicted octanol–water partition coefficient (Wildman–Crippen LogP) is 3.41. The van der Waals surface area contributed by atoms with Crippen LogP contribution in [0.25, 0.3) is 5.69 Å². The summed E-state index contributed by atoms with van der Waals surface area (Å²) in [6, 6.07) is 9.34. The second-order valence-electron chi connectivity index (χ2n) is 7.71. The van der Waals surface area contributed by atoms with Gasteiger partial charge in [0, 0.05) is 23.6 Å². The number of ether oxygens (including phenoxy) is 2. The lowest BCUT2D eigenvalue weighted by molar-refractivity contribution is -0.138. The molecule has 0 saturated heterocycles. The van der Waals surface area contributed by atoms with Gasteiger partial charge in [0.05, 0.1) is 41.7 Å². The van der Waals surface area contributed by atoms with Crippen LogP contribution >= 0.6 is 0 Å². The van der Waals surface area contributed by atoms with Crippen LogP contribution in [0.2, 0.25) is 0 Å². The molecule has 1 aromatic heterocycles. The van der Waals surface area contributed by atoms with E-state index in [1.165, 1.54) is 43.5 Å². The Balaban J connectivity index is 1.76. The van der Waals surface area contributed by atoms with Crippen LogP contribution in [0.3, 0.4) is 0 Å². The zero-order valence-corrected chi connectivity index (χ0v) is 19.0. The second-order valence-corrected chi connectivity index (χ2v) is 9.27. The Labute approximate surface area is 194 Å². The molecule has 3 aromatic rings. The van der Waals surface area contributed by atoms with Crippen LogP contribution in [-0.2, 0) is 34.0 Å². The van der Waals surface area contributed by atoms with Crippen LogP contribution in [0.4, 0.5) is 13.2 Å². The van der Waals surface area contributed by atoms with Crippen molar-refractivity contribution in [3.05, 3.63) is 70.5 Å². The molecular formula is C23H20F3N3O4S. The normalized spacial score (nSPS) is 15.9. The van der Waals surface area contributed by atoms with E-state index in [9.17, 15) is 21.6 Å². The average molecular weight is 491 g/mol. The molecule has 1 aliphatic heterocycles. The molecule has 0 saturated carbocycles. The Morgan fingerprint density at radius 3 is 2.50 bits per heavy atom. The Kier molecular flexibility index (Phi) is 6.16. The van der Waals surface area contributed by atoms with Gasteiger partial charge in [0.25, 0.3) is 0 Å². The zero-order valence-electron chi connectivity index (χ0n) is 18.2. The van der Waals surface area contributed by atoms with Gasteiger partial charge in [-0.25, -0.2) is 18.2 Å². The molecule has 178 valence electrons. The number of rotatable bonds is 3. The number of aromatic nitrogens is 2. The van der Waals surface area contributed by atoms with Crippen LogP contribution in [0.1, 0.15) is 35.0 Å². The van der Waals surface area contributed by atoms with Crippen molar-refractivity contribution in [2.75, 3.05) is 7.11 Å². The van der Waals surface area contributed by atoms with Crippen molar-refractivity contribution in [2.45, 2.75) is 37.1 Å². The maximum Gasteiger partial charge on any atom is 0.419 e. The highest BCUT2D eigenvalue weighted by Crippen LogP contribution is 2.37. The highest BCUT2D eigenvalue weighted by atomic mass is 32.2. The fraction of sp³-hybridized carbons (Fsp3) is 0.261. The standard InChI is InChI=1S/C23H20F3N3O4S/c1-14-11-21-18(13-33-14)20(10-5-15-3-7-17(8-4-15)34(27,30)31)28-29(21)16-6-9-19(23(24,25)26)22(12-16)32-2/h3-4,6-9,12,14H,11,13H2,1-2H3,(H2,27,30,31)/t14-/m0/s1. The molecule has 0 spiro atoms. The molecule has 1 atom stereocenters. The molecule has 0 bridgehead atoms. The minimum absolute atomic E-state index is 0.0293. The lowest BCUT2D eigenvalue weighted by Gasteiger charge is -2.21. The van der Waals surface area contributed by atoms with E-state index >= 15 is 0 Å². The van der Waals surface area contributed by atoms with Gasteiger partial charge in [-0.05, 0) is 49.2 Å². The molecule has 0 fully saturated rings. The number of nitrogens with two attached hydrogens (primary N) is 1. The quantitative estimate of drug-likeness (QED) is 0.567. The summed E-state index contributed by atoms with van der Waals surface area (Å²) in [5, 5.41) is 9.66. The Morgan fingerprint density at radius 1 is 1.18 bits per heavy atom. The first-order valence-electron chi connectivity index (χ1n) is 10.1. The van der Waals surface area contributed by atoms with E-state index < -0.39 is 21.8 Å². The Morgan fingerprint density at radius 2 is 1.88 bits per heavy atom. The molecule has 11 heteroatoms. The molecular weight excluding hydrogens is 471 g/mol. The van der Waals surface area contributed by atoms with E-state index in [-0.39, 0.29) is 23.4 Å². The van der Waals surface area contributed by atoms with E-state index in [0.717, 1.165) is 17.3 Å². The van der Waals surface area contributed by atoms with Crippen molar-refractivity contribution in [3.8, 4) is 23.3 Å². The van der Waals surface area contributed by atoms with Crippen molar-refractivity contribution in [1.82, 2.24) is 9.78 Å². The first-order valence-corrected chi connectivity index (χ1v) is 11.6. The van der Waals surface area contributed by atoms with E-state index in [0.29, 0.717) is 23.4 Å². The van der Waals surface area contributed by atoms with Gasteiger partial charge in [-0.1, -0.05) is 5.92 Å². The number of alkyl halides is 3. The molecule has 34 heavy (non-hydrogen) atoms. The van der Waals surface area contributed by atoms with Crippen LogP contribution in [-0.4, -0.2) is 31.4 Å². The Hall–Kier alpha value is -3.33. The fourth-order valence-electron chi connectivity index (χ4n) is 3.62. The van der Waals surface area contributed by atoms with E-state index in [1.54, 1.807) is 4.68 Å². The van der Waals surface area contributed by atoms with Crippen LogP contribution in [0.5, 0.6) is 5.75 Å². The van der Waals surface area contributed by atoms with E-state index in [4.69, 9.17) is 14.6 Å². The number of nitrogens with zero attached hydrogens (tertiary/aromatic N) is 2. The summed E-state index contributed by atoms with van der Waals surface area (Å²) >= 11 is 0. The Bertz CT molecular complexity index is 1400. The summed E-state index contributed by atoms with van der Waals surface area (Å²) < 4.78 is 74.9. The highest BCUT2D eigenvalue weighted by Gasteiger charge is 2.35. The highest BCUT2D eigenvalue weighted by molar-refractivity contribution is 7.89. The summed E-state index contributed by atoms with van der Waals surface area (Å²) in [6.07, 6.45) is -4.16. The molecule has 0 aliphatic carbocycles. The van der Waals surface area contributed by atoms with Crippen molar-refractivity contribution >= 4 is 10.0 Å². The number of hydrogen-bond donors (Lipinski definition) is 1. The lowest BCUT2D eigenvalue weighted by atomic mass is 10.0. The summed E-state index contributed by atoms with van der Waals surface area (Å²) in [7, 11) is -2.63. The fourth-order valence-corrected chi connectivity index (χ4v) is 4.14. The minimum atomic E-state index is -4.55. The third-order valence-corrected chi connectivity index (χ3v) is 6.26. The smallest absolute Gasteiger partial charge is 0.419 e. The molecule has 0 amide bonds. The van der Waals surface area contributed by atoms with Gasteiger partial charge in [0.15, 0.2) is 0 Å². The molecule has 1 aliphatic rings. The van der Waals surface area contributed by atoms with Crippen molar-refractivity contribution in [1.29, 1.82) is 0 Å². The van der Waals surface area contributed by atoms with E-state index in [2.05, 4.69) is 16.9 Å². The molecule has 4 rings (SSSR count). The molecule has 0 unspecified atom stereocenters. The van der Waals surface area contributed by atoms with Gasteiger partial charge in [0.1, 0.15) is 11.4 Å². The van der Waals surface area contributed by atoms with Crippen LogP contribution < -0.4 is 9.88 Å². The molecule has 2 N–H and O–H groups in total. The molecule has 7 nitrogen and oxygen atoms in total. The molecule has 2 aromatic carbocycles. The van der Waals surface area contributed by atoms with E-state index in [1.807, 2.05) is 6.92 Å². The summed E-state index contributed by atoms with van der Waals surface area (Å²) in [5.74, 6) is 5.58. The SMILES string of the molecule is COc1cc(-n2nc(C#Cc3ccc(S(N)(=O)=O)cc3)c3c2C[C@H](C)OC3)ccc1C(F)(F)F. The number of methoxy groups -OCH3 is 1.